The third-order valence-corrected chi connectivity index (χ3v) is 5.69. The lowest BCUT2D eigenvalue weighted by Gasteiger charge is -2.25. The minimum atomic E-state index is 0.365. The Bertz CT molecular complexity index is 786. The minimum absolute atomic E-state index is 0.365. The van der Waals surface area contributed by atoms with Crippen molar-refractivity contribution >= 4 is 11.6 Å². The lowest BCUT2D eigenvalue weighted by molar-refractivity contribution is -1.09. The molecule has 3 heteroatoms. The highest BCUT2D eigenvalue weighted by Gasteiger charge is 2.41. The van der Waals surface area contributed by atoms with Crippen molar-refractivity contribution in [2.75, 3.05) is 13.1 Å². The van der Waals surface area contributed by atoms with E-state index in [2.05, 4.69) is 72.8 Å². The largest absolute Gasteiger partial charge is 0.273 e. The molecule has 2 nitrogen and oxygen atoms in total. The van der Waals surface area contributed by atoms with Crippen molar-refractivity contribution in [2.24, 2.45) is 0 Å². The van der Waals surface area contributed by atoms with Crippen molar-refractivity contribution < 1.29 is 9.80 Å². The van der Waals surface area contributed by atoms with Crippen molar-refractivity contribution in [1.82, 2.24) is 0 Å². The van der Waals surface area contributed by atoms with Crippen LogP contribution in [-0.2, 0) is 13.1 Å². The first kappa shape index (κ1) is 17.3. The number of rotatable bonds is 5. The molecule has 0 bridgehead atoms. The fourth-order valence-corrected chi connectivity index (χ4v) is 4.39. The molecule has 0 aromatic heterocycles. The van der Waals surface area contributed by atoms with Crippen LogP contribution in [0.4, 0.5) is 0 Å². The van der Waals surface area contributed by atoms with Gasteiger partial charge in [0.25, 0.3) is 0 Å². The third-order valence-electron chi connectivity index (χ3n) is 5.35. The van der Waals surface area contributed by atoms with Gasteiger partial charge in [-0.05, 0) is 12.1 Å². The summed E-state index contributed by atoms with van der Waals surface area (Å²) in [7, 11) is 0. The van der Waals surface area contributed by atoms with Crippen LogP contribution in [-0.4, -0.2) is 13.1 Å². The molecule has 0 saturated carbocycles. The van der Waals surface area contributed by atoms with E-state index in [1.807, 2.05) is 12.1 Å². The van der Waals surface area contributed by atoms with Crippen LogP contribution in [0.15, 0.2) is 84.9 Å². The zero-order chi connectivity index (χ0) is 17.8. The van der Waals surface area contributed by atoms with E-state index in [1.165, 1.54) is 16.7 Å². The van der Waals surface area contributed by atoms with Gasteiger partial charge in [0.1, 0.15) is 26.2 Å². The van der Waals surface area contributed by atoms with Crippen LogP contribution in [0, 0.1) is 0 Å². The Hall–Kier alpha value is -2.13. The zero-order valence-corrected chi connectivity index (χ0v) is 15.6. The smallest absolute Gasteiger partial charge is 0.242 e. The van der Waals surface area contributed by atoms with Gasteiger partial charge in [0, 0.05) is 11.1 Å². The number of nitrogens with one attached hydrogen (secondary N) is 2. The second-order valence-electron chi connectivity index (χ2n) is 7.10. The molecule has 1 aliphatic rings. The summed E-state index contributed by atoms with van der Waals surface area (Å²) in [5, 5.41) is 0.885. The second kappa shape index (κ2) is 8.05. The van der Waals surface area contributed by atoms with Gasteiger partial charge in [-0.1, -0.05) is 84.4 Å². The van der Waals surface area contributed by atoms with E-state index in [0.29, 0.717) is 6.17 Å². The second-order valence-corrected chi connectivity index (χ2v) is 7.50. The molecule has 0 spiro atoms. The number of quaternary nitrogens is 2. The van der Waals surface area contributed by atoms with E-state index >= 15 is 0 Å². The number of halogens is 1. The highest BCUT2D eigenvalue weighted by molar-refractivity contribution is 6.31. The maximum atomic E-state index is 6.61. The molecule has 1 heterocycles. The Morgan fingerprint density at radius 1 is 0.654 bits per heavy atom. The molecule has 1 fully saturated rings. The first-order valence-corrected chi connectivity index (χ1v) is 9.70. The van der Waals surface area contributed by atoms with Gasteiger partial charge in [0.05, 0.1) is 10.6 Å². The van der Waals surface area contributed by atoms with Crippen molar-refractivity contribution in [3.63, 3.8) is 0 Å². The highest BCUT2D eigenvalue weighted by Crippen LogP contribution is 2.19. The van der Waals surface area contributed by atoms with Crippen molar-refractivity contribution in [3.8, 4) is 0 Å². The maximum Gasteiger partial charge on any atom is 0.242 e. The zero-order valence-electron chi connectivity index (χ0n) is 14.9. The lowest BCUT2D eigenvalue weighted by atomic mass is 10.1. The molecule has 3 aromatic rings. The molecule has 132 valence electrons. The monoisotopic (exact) mass is 364 g/mol. The van der Waals surface area contributed by atoms with E-state index in [0.717, 1.165) is 31.2 Å². The molecule has 1 aliphatic heterocycles. The Morgan fingerprint density at radius 2 is 1.12 bits per heavy atom. The van der Waals surface area contributed by atoms with Gasteiger partial charge >= 0.3 is 0 Å². The number of hydrogen-bond donors (Lipinski definition) is 2. The summed E-state index contributed by atoms with van der Waals surface area (Å²) in [6.45, 7) is 4.39. The average molecular weight is 365 g/mol. The summed E-state index contributed by atoms with van der Waals surface area (Å²) < 4.78 is 0. The fraction of sp³-hybridized carbons (Fsp3) is 0.217. The van der Waals surface area contributed by atoms with E-state index in [4.69, 9.17) is 11.6 Å². The first-order valence-electron chi connectivity index (χ1n) is 9.33. The minimum Gasteiger partial charge on any atom is -0.273 e. The molecule has 3 aromatic carbocycles. The van der Waals surface area contributed by atoms with Crippen LogP contribution in [0.2, 0.25) is 5.02 Å². The fourth-order valence-electron chi connectivity index (χ4n) is 4.14. The van der Waals surface area contributed by atoms with Crippen molar-refractivity contribution in [3.05, 3.63) is 107 Å². The molecule has 2 unspecified atom stereocenters. The van der Waals surface area contributed by atoms with E-state index in [9.17, 15) is 0 Å². The quantitative estimate of drug-likeness (QED) is 0.688. The van der Waals surface area contributed by atoms with Gasteiger partial charge in [-0.2, -0.15) is 0 Å². The molecule has 0 radical (unpaired) electrons. The summed E-state index contributed by atoms with van der Waals surface area (Å²) in [5.74, 6) is 0. The Balaban J connectivity index is 1.63. The molecular weight excluding hydrogens is 340 g/mol. The van der Waals surface area contributed by atoms with Gasteiger partial charge in [-0.15, -0.1) is 0 Å². The average Bonchev–Trinajstić information content (AvgIpc) is 3.06. The summed E-state index contributed by atoms with van der Waals surface area (Å²) in [6, 6.07) is 30.0. The Labute approximate surface area is 160 Å². The third kappa shape index (κ3) is 3.83. The Kier molecular flexibility index (Phi) is 5.35. The van der Waals surface area contributed by atoms with Crippen molar-refractivity contribution in [2.45, 2.75) is 19.3 Å². The molecule has 26 heavy (non-hydrogen) atoms. The van der Waals surface area contributed by atoms with E-state index in [1.54, 1.807) is 9.80 Å². The lowest BCUT2D eigenvalue weighted by Crippen LogP contribution is -3.22. The number of benzene rings is 3. The highest BCUT2D eigenvalue weighted by atomic mass is 35.5. The van der Waals surface area contributed by atoms with Crippen LogP contribution >= 0.6 is 11.6 Å². The predicted octanol–water partition coefficient (Wildman–Crippen LogP) is 2.52. The summed E-state index contributed by atoms with van der Waals surface area (Å²) >= 11 is 6.61. The van der Waals surface area contributed by atoms with Crippen LogP contribution in [0.5, 0.6) is 0 Å². The maximum absolute atomic E-state index is 6.61. The van der Waals surface area contributed by atoms with Crippen LogP contribution in [0.1, 0.15) is 22.9 Å². The van der Waals surface area contributed by atoms with Gasteiger partial charge in [0.15, 0.2) is 0 Å². The standard InChI is InChI=1S/C23H23ClN2/c24-22-14-8-7-13-21(22)23-25(17-19-9-3-1-4-10-19)15-16-26(23)18-20-11-5-2-6-12-20/h1-14,23H,15-18H2/p+2. The summed E-state index contributed by atoms with van der Waals surface area (Å²) in [4.78, 5) is 3.19. The molecule has 0 aliphatic carbocycles. The van der Waals surface area contributed by atoms with Crippen LogP contribution in [0.3, 0.4) is 0 Å². The van der Waals surface area contributed by atoms with E-state index < -0.39 is 0 Å². The SMILES string of the molecule is Clc1ccccc1C1[NH+](Cc2ccccc2)CC[NH+]1Cc1ccccc1. The normalized spacial score (nSPS) is 22.4. The molecular formula is C23H25ClN2+2. The predicted molar refractivity (Wildman–Crippen MR) is 106 cm³/mol. The Morgan fingerprint density at radius 3 is 1.62 bits per heavy atom. The van der Waals surface area contributed by atoms with Gasteiger partial charge in [-0.25, -0.2) is 0 Å². The first-order chi connectivity index (χ1) is 12.8. The number of hydrogen-bond acceptors (Lipinski definition) is 0. The van der Waals surface area contributed by atoms with E-state index in [-0.39, 0.29) is 0 Å². The molecule has 2 N–H and O–H groups in total. The van der Waals surface area contributed by atoms with Crippen LogP contribution in [0.25, 0.3) is 0 Å². The molecule has 2 atom stereocenters. The molecule has 4 rings (SSSR count). The van der Waals surface area contributed by atoms with Gasteiger partial charge in [-0.3, -0.25) is 9.80 Å². The van der Waals surface area contributed by atoms with Gasteiger partial charge < -0.3 is 0 Å². The summed E-state index contributed by atoms with van der Waals surface area (Å²) in [6.07, 6.45) is 0.365. The van der Waals surface area contributed by atoms with Crippen LogP contribution < -0.4 is 9.80 Å². The summed E-state index contributed by atoms with van der Waals surface area (Å²) in [5.41, 5.74) is 4.05. The van der Waals surface area contributed by atoms with Gasteiger partial charge in [0.2, 0.25) is 6.17 Å². The molecule has 0 amide bonds. The topological polar surface area (TPSA) is 8.88 Å². The van der Waals surface area contributed by atoms with Crippen molar-refractivity contribution in [1.29, 1.82) is 0 Å². The molecule has 1 saturated heterocycles.